The Morgan fingerprint density at radius 3 is 3.00 bits per heavy atom. The van der Waals surface area contributed by atoms with E-state index in [-0.39, 0.29) is 0 Å². The highest BCUT2D eigenvalue weighted by molar-refractivity contribution is 5.16. The summed E-state index contributed by atoms with van der Waals surface area (Å²) in [7, 11) is 1.97. The van der Waals surface area contributed by atoms with Gasteiger partial charge in [-0.05, 0) is 19.4 Å². The molecule has 0 bridgehead atoms. The van der Waals surface area contributed by atoms with Crippen LogP contribution < -0.4 is 5.32 Å². The minimum Gasteiger partial charge on any atom is -0.312 e. The number of rotatable bonds is 7. The summed E-state index contributed by atoms with van der Waals surface area (Å²) in [6.45, 7) is 4.89. The van der Waals surface area contributed by atoms with Gasteiger partial charge in [0.25, 0.3) is 0 Å². The molecule has 6 nitrogen and oxygen atoms in total. The van der Waals surface area contributed by atoms with Crippen LogP contribution in [-0.4, -0.2) is 31.3 Å². The molecule has 98 valence electrons. The van der Waals surface area contributed by atoms with E-state index in [1.165, 1.54) is 11.3 Å². The quantitative estimate of drug-likeness (QED) is 0.735. The van der Waals surface area contributed by atoms with Crippen molar-refractivity contribution in [2.75, 3.05) is 6.54 Å². The fourth-order valence-corrected chi connectivity index (χ4v) is 1.97. The van der Waals surface area contributed by atoms with Gasteiger partial charge in [0, 0.05) is 38.1 Å². The smallest absolute Gasteiger partial charge is 0.0692 e. The molecule has 2 heterocycles. The van der Waals surface area contributed by atoms with E-state index >= 15 is 0 Å². The third kappa shape index (κ3) is 3.40. The Hall–Kier alpha value is -1.69. The molecule has 0 aromatic carbocycles. The fraction of sp³-hybridized carbons (Fsp3) is 0.583. The fourth-order valence-electron chi connectivity index (χ4n) is 1.97. The summed E-state index contributed by atoms with van der Waals surface area (Å²) in [5.41, 5.74) is 2.47. The van der Waals surface area contributed by atoms with Gasteiger partial charge in [-0.3, -0.25) is 9.36 Å². The average molecular weight is 248 g/mol. The minimum absolute atomic E-state index is 0.883. The van der Waals surface area contributed by atoms with E-state index in [2.05, 4.69) is 33.8 Å². The Morgan fingerprint density at radius 2 is 2.28 bits per heavy atom. The van der Waals surface area contributed by atoms with Crippen molar-refractivity contribution >= 4 is 0 Å². The number of hydrogen-bond acceptors (Lipinski definition) is 4. The van der Waals surface area contributed by atoms with Crippen LogP contribution in [0.1, 0.15) is 24.6 Å². The standard InChI is InChI=1S/C12H20N6/c1-3-12-11(10-17(2)15-12)9-13-5-4-7-18-8-6-14-16-18/h6,8,10,13H,3-5,7,9H2,1-2H3. The molecule has 0 saturated heterocycles. The first-order valence-electron chi connectivity index (χ1n) is 6.35. The van der Waals surface area contributed by atoms with Gasteiger partial charge in [-0.1, -0.05) is 12.1 Å². The Labute approximate surface area is 107 Å². The lowest BCUT2D eigenvalue weighted by Crippen LogP contribution is -2.17. The van der Waals surface area contributed by atoms with Crippen LogP contribution in [0, 0.1) is 0 Å². The van der Waals surface area contributed by atoms with Gasteiger partial charge in [0.05, 0.1) is 11.9 Å². The number of nitrogens with one attached hydrogen (secondary N) is 1. The molecule has 0 radical (unpaired) electrons. The lowest BCUT2D eigenvalue weighted by atomic mass is 10.2. The summed E-state index contributed by atoms with van der Waals surface area (Å²) < 4.78 is 3.73. The van der Waals surface area contributed by atoms with Crippen LogP contribution in [0.25, 0.3) is 0 Å². The van der Waals surface area contributed by atoms with Gasteiger partial charge in [0.1, 0.15) is 0 Å². The number of hydrogen-bond donors (Lipinski definition) is 1. The second-order valence-electron chi connectivity index (χ2n) is 4.32. The van der Waals surface area contributed by atoms with Crippen LogP contribution in [0.15, 0.2) is 18.6 Å². The van der Waals surface area contributed by atoms with Crippen LogP contribution in [0.3, 0.4) is 0 Å². The molecule has 2 aromatic heterocycles. The average Bonchev–Trinajstić information content (AvgIpc) is 2.98. The van der Waals surface area contributed by atoms with E-state index in [4.69, 9.17) is 0 Å². The molecule has 18 heavy (non-hydrogen) atoms. The molecule has 0 spiro atoms. The van der Waals surface area contributed by atoms with E-state index in [1.54, 1.807) is 6.20 Å². The maximum atomic E-state index is 4.42. The molecule has 2 rings (SSSR count). The van der Waals surface area contributed by atoms with Crippen molar-refractivity contribution in [2.45, 2.75) is 32.9 Å². The SMILES string of the molecule is CCc1nn(C)cc1CNCCCn1ccnn1. The maximum Gasteiger partial charge on any atom is 0.0692 e. The highest BCUT2D eigenvalue weighted by atomic mass is 15.4. The van der Waals surface area contributed by atoms with Crippen LogP contribution in [0.2, 0.25) is 0 Å². The van der Waals surface area contributed by atoms with Crippen molar-refractivity contribution in [2.24, 2.45) is 7.05 Å². The first kappa shape index (κ1) is 12.8. The van der Waals surface area contributed by atoms with Crippen LogP contribution in [-0.2, 0) is 26.6 Å². The predicted molar refractivity (Wildman–Crippen MR) is 68.9 cm³/mol. The van der Waals surface area contributed by atoms with Crippen molar-refractivity contribution < 1.29 is 0 Å². The monoisotopic (exact) mass is 248 g/mol. The molecule has 6 heteroatoms. The molecule has 2 aromatic rings. The Balaban J connectivity index is 1.68. The molecular formula is C12H20N6. The van der Waals surface area contributed by atoms with Crippen LogP contribution in [0.4, 0.5) is 0 Å². The highest BCUT2D eigenvalue weighted by Crippen LogP contribution is 2.06. The van der Waals surface area contributed by atoms with Crippen molar-refractivity contribution in [1.29, 1.82) is 0 Å². The molecular weight excluding hydrogens is 228 g/mol. The molecule has 0 fully saturated rings. The lowest BCUT2D eigenvalue weighted by molar-refractivity contribution is 0.529. The van der Waals surface area contributed by atoms with E-state index in [0.717, 1.165) is 32.5 Å². The minimum atomic E-state index is 0.883. The summed E-state index contributed by atoms with van der Waals surface area (Å²) in [6.07, 6.45) is 7.71. The summed E-state index contributed by atoms with van der Waals surface area (Å²) in [5, 5.41) is 15.6. The normalized spacial score (nSPS) is 11.0. The van der Waals surface area contributed by atoms with Crippen LogP contribution in [0.5, 0.6) is 0 Å². The molecule has 0 saturated carbocycles. The predicted octanol–water partition coefficient (Wildman–Crippen LogP) is 0.754. The van der Waals surface area contributed by atoms with E-state index in [0.29, 0.717) is 0 Å². The third-order valence-corrected chi connectivity index (χ3v) is 2.85. The maximum absolute atomic E-state index is 4.42. The van der Waals surface area contributed by atoms with Crippen molar-refractivity contribution in [1.82, 2.24) is 30.1 Å². The summed E-state index contributed by atoms with van der Waals surface area (Å²) in [5.74, 6) is 0. The summed E-state index contributed by atoms with van der Waals surface area (Å²) in [6, 6.07) is 0. The molecule has 0 aliphatic heterocycles. The van der Waals surface area contributed by atoms with Gasteiger partial charge in [-0.2, -0.15) is 5.10 Å². The van der Waals surface area contributed by atoms with Gasteiger partial charge in [-0.25, -0.2) is 0 Å². The van der Waals surface area contributed by atoms with Gasteiger partial charge >= 0.3 is 0 Å². The Kier molecular flexibility index (Phi) is 4.46. The van der Waals surface area contributed by atoms with Gasteiger partial charge in [0.15, 0.2) is 0 Å². The zero-order valence-electron chi connectivity index (χ0n) is 11.0. The first-order valence-corrected chi connectivity index (χ1v) is 6.35. The zero-order chi connectivity index (χ0) is 12.8. The Morgan fingerprint density at radius 1 is 1.39 bits per heavy atom. The molecule has 0 aliphatic carbocycles. The van der Waals surface area contributed by atoms with Crippen molar-refractivity contribution in [3.63, 3.8) is 0 Å². The second-order valence-corrected chi connectivity index (χ2v) is 4.32. The summed E-state index contributed by atoms with van der Waals surface area (Å²) in [4.78, 5) is 0. The summed E-state index contributed by atoms with van der Waals surface area (Å²) >= 11 is 0. The molecule has 0 unspecified atom stereocenters. The molecule has 0 aliphatic rings. The highest BCUT2D eigenvalue weighted by Gasteiger charge is 2.04. The van der Waals surface area contributed by atoms with Gasteiger partial charge < -0.3 is 5.32 Å². The topological polar surface area (TPSA) is 60.6 Å². The Bertz CT molecular complexity index is 459. The molecule has 0 amide bonds. The van der Waals surface area contributed by atoms with Crippen molar-refractivity contribution in [3.8, 4) is 0 Å². The second kappa shape index (κ2) is 6.30. The van der Waals surface area contributed by atoms with Gasteiger partial charge in [0.2, 0.25) is 0 Å². The first-order chi connectivity index (χ1) is 8.79. The van der Waals surface area contributed by atoms with E-state index in [1.807, 2.05) is 22.6 Å². The van der Waals surface area contributed by atoms with E-state index in [9.17, 15) is 0 Å². The third-order valence-electron chi connectivity index (χ3n) is 2.85. The number of aromatic nitrogens is 5. The zero-order valence-corrected chi connectivity index (χ0v) is 11.0. The van der Waals surface area contributed by atoms with E-state index < -0.39 is 0 Å². The lowest BCUT2D eigenvalue weighted by Gasteiger charge is -2.04. The molecule has 1 N–H and O–H groups in total. The number of nitrogens with zero attached hydrogens (tertiary/aromatic N) is 5. The number of aryl methyl sites for hydroxylation is 3. The largest absolute Gasteiger partial charge is 0.312 e. The van der Waals surface area contributed by atoms with Gasteiger partial charge in [-0.15, -0.1) is 5.10 Å². The van der Waals surface area contributed by atoms with Crippen LogP contribution >= 0.6 is 0 Å². The van der Waals surface area contributed by atoms with Crippen molar-refractivity contribution in [3.05, 3.63) is 29.8 Å². The molecule has 0 atom stereocenters.